The van der Waals surface area contributed by atoms with E-state index in [9.17, 15) is 4.79 Å². The Hall–Kier alpha value is -2.59. The van der Waals surface area contributed by atoms with Crippen LogP contribution in [0.15, 0.2) is 67.0 Å². The first kappa shape index (κ1) is 17.8. The molecule has 0 saturated carbocycles. The number of carbonyl (C=O) groups excluding carboxylic acids is 1. The molecule has 0 radical (unpaired) electrons. The highest BCUT2D eigenvalue weighted by molar-refractivity contribution is 6.31. The highest BCUT2D eigenvalue weighted by Crippen LogP contribution is 2.26. The fourth-order valence-electron chi connectivity index (χ4n) is 3.73. The predicted octanol–water partition coefficient (Wildman–Crippen LogP) is 4.43. The van der Waals surface area contributed by atoms with E-state index in [-0.39, 0.29) is 11.9 Å². The van der Waals surface area contributed by atoms with Gasteiger partial charge < -0.3 is 4.90 Å². The Morgan fingerprint density at radius 3 is 2.67 bits per heavy atom. The van der Waals surface area contributed by atoms with E-state index in [0.717, 1.165) is 47.5 Å². The Morgan fingerprint density at radius 2 is 1.93 bits per heavy atom. The first-order valence-corrected chi connectivity index (χ1v) is 9.69. The number of nitrogens with zero attached hydrogens (tertiary/aromatic N) is 3. The van der Waals surface area contributed by atoms with Crippen LogP contribution in [0.5, 0.6) is 0 Å². The number of halogens is 1. The van der Waals surface area contributed by atoms with Gasteiger partial charge in [0.05, 0.1) is 6.54 Å². The molecule has 1 aromatic heterocycles. The fourth-order valence-corrected chi connectivity index (χ4v) is 3.95. The summed E-state index contributed by atoms with van der Waals surface area (Å²) in [4.78, 5) is 15.0. The zero-order chi connectivity index (χ0) is 18.6. The Morgan fingerprint density at radius 1 is 1.11 bits per heavy atom. The van der Waals surface area contributed by atoms with Crippen LogP contribution >= 0.6 is 11.6 Å². The van der Waals surface area contributed by atoms with Gasteiger partial charge in [0.2, 0.25) is 0 Å². The van der Waals surface area contributed by atoms with E-state index in [1.165, 1.54) is 0 Å². The van der Waals surface area contributed by atoms with Crippen molar-refractivity contribution in [1.82, 2.24) is 14.7 Å². The number of hydrogen-bond acceptors (Lipinski definition) is 2. The van der Waals surface area contributed by atoms with Crippen LogP contribution in [0.4, 0.5) is 0 Å². The molecule has 27 heavy (non-hydrogen) atoms. The molecule has 1 aliphatic heterocycles. The molecule has 0 aliphatic carbocycles. The van der Waals surface area contributed by atoms with Gasteiger partial charge in [0, 0.05) is 35.6 Å². The van der Waals surface area contributed by atoms with Crippen LogP contribution in [0.3, 0.4) is 0 Å². The van der Waals surface area contributed by atoms with E-state index < -0.39 is 0 Å². The van der Waals surface area contributed by atoms with Crippen LogP contribution in [0, 0.1) is 0 Å². The number of likely N-dealkylation sites (tertiary alicyclic amines) is 1. The van der Waals surface area contributed by atoms with E-state index in [2.05, 4.69) is 5.10 Å². The van der Waals surface area contributed by atoms with Gasteiger partial charge in [-0.25, -0.2) is 0 Å². The first-order valence-electron chi connectivity index (χ1n) is 9.31. The monoisotopic (exact) mass is 379 g/mol. The largest absolute Gasteiger partial charge is 0.335 e. The van der Waals surface area contributed by atoms with Crippen LogP contribution in [0.1, 0.15) is 34.3 Å². The second-order valence-corrected chi connectivity index (χ2v) is 7.40. The van der Waals surface area contributed by atoms with Gasteiger partial charge in [-0.05, 0) is 54.7 Å². The van der Waals surface area contributed by atoms with Gasteiger partial charge >= 0.3 is 0 Å². The van der Waals surface area contributed by atoms with Gasteiger partial charge in [0.1, 0.15) is 0 Å². The summed E-state index contributed by atoms with van der Waals surface area (Å²) < 4.78 is 1.87. The molecule has 0 N–H and O–H groups in total. The molecule has 1 aliphatic rings. The van der Waals surface area contributed by atoms with Crippen molar-refractivity contribution in [2.75, 3.05) is 6.54 Å². The Kier molecular flexibility index (Phi) is 5.26. The molecule has 5 heteroatoms. The molecule has 0 bridgehead atoms. The van der Waals surface area contributed by atoms with Crippen molar-refractivity contribution in [3.63, 3.8) is 0 Å². The van der Waals surface area contributed by atoms with E-state index in [0.29, 0.717) is 6.54 Å². The minimum Gasteiger partial charge on any atom is -0.335 e. The van der Waals surface area contributed by atoms with Crippen molar-refractivity contribution >= 4 is 17.5 Å². The normalized spacial score (nSPS) is 16.6. The van der Waals surface area contributed by atoms with Crippen molar-refractivity contribution in [2.24, 2.45) is 0 Å². The van der Waals surface area contributed by atoms with Crippen LogP contribution in [-0.2, 0) is 13.0 Å². The molecule has 2 aromatic carbocycles. The molecule has 1 saturated heterocycles. The smallest absolute Gasteiger partial charge is 0.254 e. The van der Waals surface area contributed by atoms with E-state index in [4.69, 9.17) is 11.6 Å². The highest BCUT2D eigenvalue weighted by atomic mass is 35.5. The molecule has 0 spiro atoms. The lowest BCUT2D eigenvalue weighted by Crippen LogP contribution is -2.36. The number of benzene rings is 2. The second kappa shape index (κ2) is 7.97. The fraction of sp³-hybridized carbons (Fsp3) is 0.273. The van der Waals surface area contributed by atoms with Gasteiger partial charge in [0.25, 0.3) is 5.91 Å². The molecular formula is C22H22ClN3O. The number of aromatic nitrogens is 2. The third-order valence-corrected chi connectivity index (χ3v) is 5.52. The zero-order valence-corrected chi connectivity index (χ0v) is 15.8. The summed E-state index contributed by atoms with van der Waals surface area (Å²) in [7, 11) is 0. The Labute approximate surface area is 164 Å². The van der Waals surface area contributed by atoms with Crippen LogP contribution < -0.4 is 0 Å². The molecule has 1 unspecified atom stereocenters. The van der Waals surface area contributed by atoms with Gasteiger partial charge in [-0.1, -0.05) is 41.9 Å². The summed E-state index contributed by atoms with van der Waals surface area (Å²) >= 11 is 6.31. The van der Waals surface area contributed by atoms with Crippen molar-refractivity contribution in [3.8, 4) is 0 Å². The molecule has 2 heterocycles. The quantitative estimate of drug-likeness (QED) is 0.657. The first-order chi connectivity index (χ1) is 13.2. The third kappa shape index (κ3) is 4.06. The summed E-state index contributed by atoms with van der Waals surface area (Å²) in [6, 6.07) is 17.9. The number of hydrogen-bond donors (Lipinski definition) is 0. The Bertz CT molecular complexity index is 906. The Balaban J connectivity index is 1.45. The molecule has 4 nitrogen and oxygen atoms in total. The molecule has 1 fully saturated rings. The predicted molar refractivity (Wildman–Crippen MR) is 107 cm³/mol. The maximum Gasteiger partial charge on any atom is 0.254 e. The van der Waals surface area contributed by atoms with Crippen molar-refractivity contribution in [1.29, 1.82) is 0 Å². The molecule has 1 amide bonds. The van der Waals surface area contributed by atoms with E-state index >= 15 is 0 Å². The standard InChI is InChI=1S/C22H22ClN3O/c23-21-7-2-1-5-19(21)15-20-6-3-14-26(20)22(27)18-10-8-17(9-11-18)16-25-13-4-12-24-25/h1-2,4-5,7-13,20H,3,6,14-16H2. The van der Waals surface area contributed by atoms with E-state index in [1.807, 2.05) is 70.4 Å². The second-order valence-electron chi connectivity index (χ2n) is 6.99. The van der Waals surface area contributed by atoms with Crippen molar-refractivity contribution < 1.29 is 4.79 Å². The maximum atomic E-state index is 13.0. The maximum absolute atomic E-state index is 13.0. The van der Waals surface area contributed by atoms with Gasteiger partial charge in [0.15, 0.2) is 0 Å². The molecule has 3 aromatic rings. The minimum atomic E-state index is 0.107. The number of amides is 1. The number of rotatable bonds is 5. The summed E-state index contributed by atoms with van der Waals surface area (Å²) in [5.41, 5.74) is 2.98. The summed E-state index contributed by atoms with van der Waals surface area (Å²) in [6.07, 6.45) is 6.57. The van der Waals surface area contributed by atoms with Crippen molar-refractivity contribution in [2.45, 2.75) is 31.8 Å². The van der Waals surface area contributed by atoms with E-state index in [1.54, 1.807) is 6.20 Å². The highest BCUT2D eigenvalue weighted by Gasteiger charge is 2.29. The lowest BCUT2D eigenvalue weighted by Gasteiger charge is -2.25. The van der Waals surface area contributed by atoms with Gasteiger partial charge in [-0.3, -0.25) is 9.48 Å². The third-order valence-electron chi connectivity index (χ3n) is 5.16. The number of carbonyl (C=O) groups is 1. The molecule has 1 atom stereocenters. The lowest BCUT2D eigenvalue weighted by atomic mass is 10.0. The molecule has 138 valence electrons. The minimum absolute atomic E-state index is 0.107. The van der Waals surface area contributed by atoms with Crippen LogP contribution in [0.2, 0.25) is 5.02 Å². The average molecular weight is 380 g/mol. The molecular weight excluding hydrogens is 358 g/mol. The van der Waals surface area contributed by atoms with Crippen molar-refractivity contribution in [3.05, 3.63) is 88.7 Å². The van der Waals surface area contributed by atoms with Crippen LogP contribution in [0.25, 0.3) is 0 Å². The van der Waals surface area contributed by atoms with Gasteiger partial charge in [-0.15, -0.1) is 0 Å². The summed E-state index contributed by atoms with van der Waals surface area (Å²) in [5.74, 6) is 0.107. The zero-order valence-electron chi connectivity index (χ0n) is 15.1. The molecule has 4 rings (SSSR count). The SMILES string of the molecule is O=C(c1ccc(Cn2cccn2)cc1)N1CCCC1Cc1ccccc1Cl. The average Bonchev–Trinajstić information content (AvgIpc) is 3.36. The van der Waals surface area contributed by atoms with Crippen LogP contribution in [-0.4, -0.2) is 33.2 Å². The topological polar surface area (TPSA) is 38.1 Å². The summed E-state index contributed by atoms with van der Waals surface area (Å²) in [6.45, 7) is 1.52. The van der Waals surface area contributed by atoms with Gasteiger partial charge in [-0.2, -0.15) is 5.10 Å². The lowest BCUT2D eigenvalue weighted by molar-refractivity contribution is 0.0736. The summed E-state index contributed by atoms with van der Waals surface area (Å²) in [5, 5.41) is 5.00.